The Kier molecular flexibility index (Phi) is 7.06. The molecule has 1 rings (SSSR count). The third-order valence-electron chi connectivity index (χ3n) is 2.82. The molecule has 0 aromatic carbocycles. The van der Waals surface area contributed by atoms with Gasteiger partial charge < -0.3 is 0 Å². The molecule has 0 aliphatic carbocycles. The molecule has 8 nitrogen and oxygen atoms in total. The number of likely N-dealkylation sites (tertiary alicyclic amines) is 1. The molecule has 1 heterocycles. The van der Waals surface area contributed by atoms with Gasteiger partial charge in [0.15, 0.2) is 0 Å². The summed E-state index contributed by atoms with van der Waals surface area (Å²) in [6, 6.07) is 0. The second kappa shape index (κ2) is 8.55. The van der Waals surface area contributed by atoms with Crippen LogP contribution in [0.25, 0.3) is 0 Å². The van der Waals surface area contributed by atoms with E-state index in [2.05, 4.69) is 10.6 Å². The van der Waals surface area contributed by atoms with Crippen molar-refractivity contribution < 1.29 is 19.2 Å². The SMILES string of the molecule is CC(=O)NCCNC(=O)CCN1C(=O)CC(SB=N)C1=O. The summed E-state index contributed by atoms with van der Waals surface area (Å²) in [7, 11) is 0. The van der Waals surface area contributed by atoms with Gasteiger partial charge in [0.1, 0.15) is 0 Å². The van der Waals surface area contributed by atoms with Crippen LogP contribution in [-0.2, 0) is 19.2 Å². The average Bonchev–Trinajstić information content (AvgIpc) is 2.68. The first-order valence-electron chi connectivity index (χ1n) is 6.45. The van der Waals surface area contributed by atoms with Gasteiger partial charge in [-0.25, -0.2) is 0 Å². The van der Waals surface area contributed by atoms with Crippen molar-refractivity contribution in [3.05, 3.63) is 0 Å². The molecule has 1 saturated heterocycles. The minimum absolute atomic E-state index is 0.0273. The zero-order valence-corrected chi connectivity index (χ0v) is 12.5. The van der Waals surface area contributed by atoms with Crippen LogP contribution < -0.4 is 10.6 Å². The fourth-order valence-electron chi connectivity index (χ4n) is 1.82. The molecular weight excluding hydrogens is 295 g/mol. The van der Waals surface area contributed by atoms with E-state index < -0.39 is 5.25 Å². The van der Waals surface area contributed by atoms with E-state index in [1.165, 1.54) is 6.92 Å². The Bertz CT molecular complexity index is 460. The number of hydrogen-bond acceptors (Lipinski definition) is 6. The van der Waals surface area contributed by atoms with E-state index in [9.17, 15) is 19.2 Å². The van der Waals surface area contributed by atoms with Gasteiger partial charge >= 0.3 is 115 Å². The molecule has 0 spiro atoms. The fraction of sp³-hybridized carbons (Fsp3) is 0.636. The Balaban J connectivity index is 2.29. The third kappa shape index (κ3) is 5.66. The van der Waals surface area contributed by atoms with Crippen LogP contribution >= 0.6 is 11.6 Å². The van der Waals surface area contributed by atoms with Crippen LogP contribution in [0.1, 0.15) is 19.8 Å². The Morgan fingerprint density at radius 2 is 2.05 bits per heavy atom. The third-order valence-corrected chi connectivity index (χ3v) is 3.65. The van der Waals surface area contributed by atoms with E-state index in [4.69, 9.17) is 5.31 Å². The van der Waals surface area contributed by atoms with Gasteiger partial charge in [0.2, 0.25) is 0 Å². The van der Waals surface area contributed by atoms with Crippen LogP contribution in [0.4, 0.5) is 0 Å². The molecule has 0 aromatic heterocycles. The van der Waals surface area contributed by atoms with Crippen molar-refractivity contribution in [2.24, 2.45) is 0 Å². The number of carbonyl (C=O) groups is 4. The normalized spacial score (nSPS) is 17.6. The van der Waals surface area contributed by atoms with Crippen molar-refractivity contribution in [3.8, 4) is 0 Å². The Labute approximate surface area is 127 Å². The molecule has 1 unspecified atom stereocenters. The van der Waals surface area contributed by atoms with Crippen molar-refractivity contribution in [1.29, 1.82) is 5.31 Å². The molecule has 0 saturated carbocycles. The van der Waals surface area contributed by atoms with Gasteiger partial charge in [0.25, 0.3) is 0 Å². The first kappa shape index (κ1) is 17.3. The van der Waals surface area contributed by atoms with Gasteiger partial charge in [-0.05, 0) is 0 Å². The van der Waals surface area contributed by atoms with Crippen LogP contribution in [0.15, 0.2) is 0 Å². The predicted octanol–water partition coefficient (Wildman–Crippen LogP) is -1.13. The molecule has 21 heavy (non-hydrogen) atoms. The molecule has 1 aliphatic heterocycles. The van der Waals surface area contributed by atoms with E-state index in [-0.39, 0.29) is 43.0 Å². The van der Waals surface area contributed by atoms with Crippen molar-refractivity contribution in [1.82, 2.24) is 15.5 Å². The summed E-state index contributed by atoms with van der Waals surface area (Å²) >= 11 is 0.997. The maximum absolute atomic E-state index is 11.9. The van der Waals surface area contributed by atoms with Gasteiger partial charge in [-0.15, -0.1) is 0 Å². The zero-order chi connectivity index (χ0) is 15.8. The van der Waals surface area contributed by atoms with Gasteiger partial charge in [-0.1, -0.05) is 0 Å². The fourth-order valence-corrected chi connectivity index (χ4v) is 2.47. The molecule has 1 atom stereocenters. The second-order valence-corrected chi connectivity index (χ2v) is 5.49. The van der Waals surface area contributed by atoms with Crippen LogP contribution in [0.3, 0.4) is 0 Å². The number of imide groups is 1. The first-order chi connectivity index (χ1) is 9.95. The molecule has 4 amide bonds. The summed E-state index contributed by atoms with van der Waals surface area (Å²) in [5.74, 6) is -1.12. The van der Waals surface area contributed by atoms with Crippen molar-refractivity contribution in [2.45, 2.75) is 25.0 Å². The summed E-state index contributed by atoms with van der Waals surface area (Å²) < 4.78 is 0. The minimum atomic E-state index is -0.544. The number of hydrogen-bond donors (Lipinski definition) is 3. The Hall–Kier alpha value is -1.71. The Morgan fingerprint density at radius 3 is 2.67 bits per heavy atom. The van der Waals surface area contributed by atoms with E-state index in [0.717, 1.165) is 22.9 Å². The summed E-state index contributed by atoms with van der Waals surface area (Å²) in [4.78, 5) is 46.7. The van der Waals surface area contributed by atoms with Crippen molar-refractivity contribution in [3.63, 3.8) is 0 Å². The molecule has 10 heteroatoms. The predicted molar refractivity (Wildman–Crippen MR) is 77.5 cm³/mol. The molecule has 3 N–H and O–H groups in total. The molecule has 1 aliphatic rings. The molecule has 0 aromatic rings. The van der Waals surface area contributed by atoms with Crippen LogP contribution in [0, 0.1) is 5.31 Å². The first-order valence-corrected chi connectivity index (χ1v) is 7.39. The standard InChI is InChI=1S/C11H17BN4O4S/c1-7(17)14-3-4-15-9(18)2-5-16-10(19)6-8(11(16)20)21-12-13/h8,13H,2-6H2,1H3,(H,14,17)(H,15,18). The van der Waals surface area contributed by atoms with Gasteiger partial charge in [-0.2, -0.15) is 0 Å². The van der Waals surface area contributed by atoms with E-state index in [1.807, 2.05) is 0 Å². The molecule has 0 bridgehead atoms. The molecule has 1 fully saturated rings. The topological polar surface area (TPSA) is 119 Å². The van der Waals surface area contributed by atoms with Crippen LogP contribution in [-0.4, -0.2) is 59.8 Å². The van der Waals surface area contributed by atoms with Gasteiger partial charge in [0, 0.05) is 6.92 Å². The number of carbonyl (C=O) groups excluding carboxylic acids is 4. The van der Waals surface area contributed by atoms with Crippen molar-refractivity contribution >= 4 is 41.6 Å². The number of amides is 4. The molecular formula is C11H17BN4O4S. The van der Waals surface area contributed by atoms with Gasteiger partial charge in [0.05, 0.1) is 0 Å². The quantitative estimate of drug-likeness (QED) is 0.298. The van der Waals surface area contributed by atoms with E-state index in [0.29, 0.717) is 13.1 Å². The number of nitrogens with zero attached hydrogens (tertiary/aromatic N) is 1. The zero-order valence-electron chi connectivity index (χ0n) is 11.7. The Morgan fingerprint density at radius 1 is 1.38 bits per heavy atom. The summed E-state index contributed by atoms with van der Waals surface area (Å²) in [5.41, 5.74) is 0. The van der Waals surface area contributed by atoms with Crippen LogP contribution in [0.2, 0.25) is 0 Å². The van der Waals surface area contributed by atoms with Crippen molar-refractivity contribution in [2.75, 3.05) is 19.6 Å². The van der Waals surface area contributed by atoms with E-state index in [1.54, 1.807) is 0 Å². The number of nitrogens with one attached hydrogen (secondary N) is 3. The summed E-state index contributed by atoms with van der Waals surface area (Å²) in [5, 5.41) is 11.5. The monoisotopic (exact) mass is 312 g/mol. The summed E-state index contributed by atoms with van der Waals surface area (Å²) in [6.45, 7) is 2.06. The molecule has 0 radical (unpaired) electrons. The van der Waals surface area contributed by atoms with Gasteiger partial charge in [-0.3, -0.25) is 4.79 Å². The van der Waals surface area contributed by atoms with Crippen LogP contribution in [0.5, 0.6) is 0 Å². The second-order valence-electron chi connectivity index (χ2n) is 4.41. The maximum atomic E-state index is 11.9. The summed E-state index contributed by atoms with van der Waals surface area (Å²) in [6.07, 6.45) is 1.14. The molecule has 114 valence electrons. The van der Waals surface area contributed by atoms with E-state index >= 15 is 0 Å². The average molecular weight is 312 g/mol. The number of rotatable bonds is 8.